The summed E-state index contributed by atoms with van der Waals surface area (Å²) in [6.45, 7) is 4.07. The van der Waals surface area contributed by atoms with Crippen molar-refractivity contribution in [3.8, 4) is 0 Å². The van der Waals surface area contributed by atoms with Gasteiger partial charge in [-0.15, -0.1) is 0 Å². The third kappa shape index (κ3) is 12.4. The summed E-state index contributed by atoms with van der Waals surface area (Å²) in [7, 11) is 4.57. The summed E-state index contributed by atoms with van der Waals surface area (Å²) in [5.74, 6) is -1.30. The van der Waals surface area contributed by atoms with Gasteiger partial charge in [-0.2, -0.15) is 0 Å². The Morgan fingerprint density at radius 1 is 1.00 bits per heavy atom. The zero-order valence-electron chi connectivity index (χ0n) is 28.1. The largest absolute Gasteiger partial charge is 0.444 e. The number of nitrogens with zero attached hydrogens (tertiary/aromatic N) is 2. The molecule has 0 aliphatic heterocycles. The van der Waals surface area contributed by atoms with Crippen molar-refractivity contribution in [2.45, 2.75) is 82.6 Å². The molecular formula is C35H49ClN4O6S. The number of rotatable bonds is 16. The van der Waals surface area contributed by atoms with E-state index < -0.39 is 34.6 Å². The molecule has 2 aromatic carbocycles. The van der Waals surface area contributed by atoms with Crippen LogP contribution in [0.25, 0.3) is 0 Å². The molecule has 0 spiro atoms. The molecular weight excluding hydrogens is 640 g/mol. The minimum atomic E-state index is -1.12. The van der Waals surface area contributed by atoms with E-state index in [0.29, 0.717) is 24.4 Å². The SMILES string of the molecule is CON(C)C(=O)[C@H](CC(C)C(=O)N(C)CCc1ccccc1)NC(=O)C(C)(CC1CCCCC1)SNC(=O)OCc1cccc(Cl)c1. The third-order valence-electron chi connectivity index (χ3n) is 8.66. The minimum absolute atomic E-state index is 0.0180. The van der Waals surface area contributed by atoms with Crippen LogP contribution in [-0.2, 0) is 37.0 Å². The molecule has 0 aromatic heterocycles. The summed E-state index contributed by atoms with van der Waals surface area (Å²) in [6.07, 6.45) is 5.87. The Labute approximate surface area is 288 Å². The normalized spacial score (nSPS) is 15.9. The van der Waals surface area contributed by atoms with Gasteiger partial charge < -0.3 is 15.0 Å². The molecule has 1 fully saturated rings. The molecule has 1 aliphatic rings. The van der Waals surface area contributed by atoms with Crippen molar-refractivity contribution in [3.63, 3.8) is 0 Å². The van der Waals surface area contributed by atoms with Crippen LogP contribution in [-0.4, -0.2) is 72.3 Å². The number of benzene rings is 2. The first-order chi connectivity index (χ1) is 22.4. The smallest absolute Gasteiger partial charge is 0.417 e. The van der Waals surface area contributed by atoms with Crippen molar-refractivity contribution in [1.82, 2.24) is 20.0 Å². The summed E-state index contributed by atoms with van der Waals surface area (Å²) < 4.78 is 6.96. The van der Waals surface area contributed by atoms with Crippen molar-refractivity contribution in [2.24, 2.45) is 11.8 Å². The van der Waals surface area contributed by atoms with E-state index in [-0.39, 0.29) is 24.9 Å². The number of hydrogen-bond donors (Lipinski definition) is 2. The molecule has 4 amide bonds. The lowest BCUT2D eigenvalue weighted by atomic mass is 9.82. The zero-order chi connectivity index (χ0) is 34.4. The first kappa shape index (κ1) is 38.2. The first-order valence-corrected chi connectivity index (χ1v) is 17.4. The van der Waals surface area contributed by atoms with Gasteiger partial charge in [0.25, 0.3) is 5.91 Å². The highest BCUT2D eigenvalue weighted by Crippen LogP contribution is 2.37. The maximum absolute atomic E-state index is 14.1. The first-order valence-electron chi connectivity index (χ1n) is 16.2. The van der Waals surface area contributed by atoms with Crippen LogP contribution in [0.4, 0.5) is 4.79 Å². The minimum Gasteiger partial charge on any atom is -0.444 e. The fourth-order valence-electron chi connectivity index (χ4n) is 5.81. The van der Waals surface area contributed by atoms with Gasteiger partial charge in [0.15, 0.2) is 0 Å². The van der Waals surface area contributed by atoms with Crippen LogP contribution in [0.15, 0.2) is 54.6 Å². The molecule has 1 saturated carbocycles. The molecule has 2 unspecified atom stereocenters. The molecule has 2 N–H and O–H groups in total. The molecule has 0 radical (unpaired) electrons. The van der Waals surface area contributed by atoms with E-state index >= 15 is 0 Å². The van der Waals surface area contributed by atoms with Gasteiger partial charge >= 0.3 is 6.09 Å². The molecule has 0 bridgehead atoms. The second kappa shape index (κ2) is 18.9. The van der Waals surface area contributed by atoms with Crippen molar-refractivity contribution >= 4 is 47.4 Å². The van der Waals surface area contributed by atoms with Gasteiger partial charge in [0.2, 0.25) is 11.8 Å². The average Bonchev–Trinajstić information content (AvgIpc) is 3.08. The van der Waals surface area contributed by atoms with Gasteiger partial charge in [-0.25, -0.2) is 9.86 Å². The van der Waals surface area contributed by atoms with Crippen LogP contribution in [0, 0.1) is 11.8 Å². The Hall–Kier alpha value is -3.28. The van der Waals surface area contributed by atoms with Gasteiger partial charge in [-0.1, -0.05) is 93.1 Å². The van der Waals surface area contributed by atoms with Crippen LogP contribution in [0.5, 0.6) is 0 Å². The number of halogens is 1. The van der Waals surface area contributed by atoms with Gasteiger partial charge in [0.1, 0.15) is 17.4 Å². The van der Waals surface area contributed by atoms with Crippen LogP contribution in [0.1, 0.15) is 69.9 Å². The van der Waals surface area contributed by atoms with Gasteiger partial charge in [-0.3, -0.25) is 23.9 Å². The van der Waals surface area contributed by atoms with Crippen molar-refractivity contribution in [1.29, 1.82) is 0 Å². The predicted octanol–water partition coefficient (Wildman–Crippen LogP) is 6.18. The number of ether oxygens (including phenoxy) is 1. The number of likely N-dealkylation sites (N-methyl/N-ethyl adjacent to an activating group) is 2. The summed E-state index contributed by atoms with van der Waals surface area (Å²) in [6, 6.07) is 15.9. The van der Waals surface area contributed by atoms with E-state index in [1.165, 1.54) is 14.2 Å². The number of nitrogens with one attached hydrogen (secondary N) is 2. The van der Waals surface area contributed by atoms with Gasteiger partial charge in [0, 0.05) is 31.6 Å². The highest BCUT2D eigenvalue weighted by molar-refractivity contribution is 8.00. The Kier molecular flexibility index (Phi) is 15.4. The molecule has 12 heteroatoms. The van der Waals surface area contributed by atoms with Crippen LogP contribution < -0.4 is 10.0 Å². The second-order valence-electron chi connectivity index (χ2n) is 12.5. The standard InChI is InChI=1S/C35H49ClN4O6S/c1-25(31(41)39(3)20-19-26-13-8-6-9-14-26)21-30(32(42)40(4)45-5)37-33(43)35(2,23-27-15-10-7-11-16-27)47-38-34(44)46-24-28-17-12-18-29(36)22-28/h6,8-9,12-14,17-18,22,25,27,30H,7,10-11,15-16,19-21,23-24H2,1-5H3,(H,37,43)(H,38,44)/t25?,30-,35?/m0/s1. The maximum Gasteiger partial charge on any atom is 0.417 e. The Morgan fingerprint density at radius 2 is 1.68 bits per heavy atom. The van der Waals surface area contributed by atoms with E-state index in [1.807, 2.05) is 30.3 Å². The second-order valence-corrected chi connectivity index (χ2v) is 14.3. The molecule has 0 saturated heterocycles. The summed E-state index contributed by atoms with van der Waals surface area (Å²) in [4.78, 5) is 60.4. The van der Waals surface area contributed by atoms with E-state index in [1.54, 1.807) is 50.1 Å². The number of amides is 4. The topological polar surface area (TPSA) is 117 Å². The molecule has 0 heterocycles. The Morgan fingerprint density at radius 3 is 2.34 bits per heavy atom. The monoisotopic (exact) mass is 688 g/mol. The number of carbonyl (C=O) groups excluding carboxylic acids is 4. The van der Waals surface area contributed by atoms with Crippen LogP contribution >= 0.6 is 23.5 Å². The molecule has 1 aliphatic carbocycles. The average molecular weight is 689 g/mol. The van der Waals surface area contributed by atoms with Crippen LogP contribution in [0.3, 0.4) is 0 Å². The van der Waals surface area contributed by atoms with Crippen LogP contribution in [0.2, 0.25) is 5.02 Å². The van der Waals surface area contributed by atoms with E-state index in [4.69, 9.17) is 21.2 Å². The molecule has 47 heavy (non-hydrogen) atoms. The lowest BCUT2D eigenvalue weighted by Gasteiger charge is -2.35. The molecule has 258 valence electrons. The highest BCUT2D eigenvalue weighted by Gasteiger charge is 2.41. The Bertz CT molecular complexity index is 1330. The van der Waals surface area contributed by atoms with Crippen molar-refractivity contribution in [2.75, 3.05) is 27.7 Å². The number of hydroxylamine groups is 2. The Balaban J connectivity index is 1.70. The van der Waals surface area contributed by atoms with Crippen molar-refractivity contribution in [3.05, 3.63) is 70.7 Å². The fourth-order valence-corrected chi connectivity index (χ4v) is 6.86. The fraction of sp³-hybridized carbons (Fsp3) is 0.543. The lowest BCUT2D eigenvalue weighted by molar-refractivity contribution is -0.172. The predicted molar refractivity (Wildman–Crippen MR) is 185 cm³/mol. The van der Waals surface area contributed by atoms with Crippen molar-refractivity contribution < 1.29 is 28.8 Å². The quantitative estimate of drug-likeness (QED) is 0.160. The number of carbonyl (C=O) groups is 4. The van der Waals surface area contributed by atoms with E-state index in [9.17, 15) is 19.2 Å². The number of hydrogen-bond acceptors (Lipinski definition) is 7. The molecule has 10 nitrogen and oxygen atoms in total. The molecule has 3 rings (SSSR count). The summed E-state index contributed by atoms with van der Waals surface area (Å²) in [5.41, 5.74) is 1.86. The summed E-state index contributed by atoms with van der Waals surface area (Å²) in [5, 5.41) is 4.52. The zero-order valence-corrected chi connectivity index (χ0v) is 29.7. The van der Waals surface area contributed by atoms with Gasteiger partial charge in [0.05, 0.1) is 7.11 Å². The molecule has 2 aromatic rings. The highest BCUT2D eigenvalue weighted by atomic mass is 35.5. The van der Waals surface area contributed by atoms with E-state index in [0.717, 1.165) is 60.2 Å². The lowest BCUT2D eigenvalue weighted by Crippen LogP contribution is -2.54. The summed E-state index contributed by atoms with van der Waals surface area (Å²) >= 11 is 7.02. The van der Waals surface area contributed by atoms with E-state index in [2.05, 4.69) is 10.0 Å². The van der Waals surface area contributed by atoms with Gasteiger partial charge in [-0.05, 0) is 67.3 Å². The maximum atomic E-state index is 14.1. The third-order valence-corrected chi connectivity index (χ3v) is 9.96. The molecule has 3 atom stereocenters.